The molecule has 2 aliphatic heterocycles. The number of anilines is 1. The molecule has 0 unspecified atom stereocenters. The predicted molar refractivity (Wildman–Crippen MR) is 167 cm³/mol. The summed E-state index contributed by atoms with van der Waals surface area (Å²) in [6, 6.07) is 13.2. The first-order chi connectivity index (χ1) is 21.7. The molecule has 12 nitrogen and oxygen atoms in total. The fraction of sp³-hybridized carbons (Fsp3) is 0.424. The van der Waals surface area contributed by atoms with Crippen LogP contribution in [0.15, 0.2) is 55.1 Å². The fourth-order valence-electron chi connectivity index (χ4n) is 6.36. The largest absolute Gasteiger partial charge is 0.388 e. The van der Waals surface area contributed by atoms with Crippen molar-refractivity contribution in [3.8, 4) is 0 Å². The third kappa shape index (κ3) is 6.45. The SMILES string of the molecule is Cc1cc(C)c(CN2CCN(C(=O)CC[C@H]3O[C@@H](n4cnc5c(NC(=O)c6ccccc6)ncnc54)[C@H](O)[C@@H]3O)CC2)c(C)c1. The Morgan fingerprint density at radius 1 is 0.956 bits per heavy atom. The molecule has 45 heavy (non-hydrogen) atoms. The second-order valence-electron chi connectivity index (χ2n) is 12.0. The first kappa shape index (κ1) is 30.8. The molecule has 0 bridgehead atoms. The van der Waals surface area contributed by atoms with Crippen LogP contribution in [0.4, 0.5) is 5.82 Å². The number of aryl methyl sites for hydroxylation is 3. The van der Waals surface area contributed by atoms with Gasteiger partial charge in [-0.15, -0.1) is 0 Å². The Morgan fingerprint density at radius 3 is 2.38 bits per heavy atom. The van der Waals surface area contributed by atoms with E-state index in [9.17, 15) is 19.8 Å². The van der Waals surface area contributed by atoms with E-state index in [0.29, 0.717) is 29.8 Å². The van der Waals surface area contributed by atoms with Gasteiger partial charge < -0.3 is 25.2 Å². The van der Waals surface area contributed by atoms with Crippen LogP contribution in [-0.4, -0.2) is 95.8 Å². The number of aliphatic hydroxyl groups is 2. The minimum Gasteiger partial charge on any atom is -0.388 e. The van der Waals surface area contributed by atoms with Crippen LogP contribution in [-0.2, 0) is 16.1 Å². The summed E-state index contributed by atoms with van der Waals surface area (Å²) in [7, 11) is 0. The van der Waals surface area contributed by atoms with Gasteiger partial charge in [-0.2, -0.15) is 0 Å². The smallest absolute Gasteiger partial charge is 0.256 e. The van der Waals surface area contributed by atoms with Crippen LogP contribution in [0.5, 0.6) is 0 Å². The van der Waals surface area contributed by atoms with E-state index in [2.05, 4.69) is 58.1 Å². The second kappa shape index (κ2) is 13.0. The maximum absolute atomic E-state index is 13.1. The first-order valence-corrected chi connectivity index (χ1v) is 15.3. The van der Waals surface area contributed by atoms with E-state index in [1.807, 2.05) is 11.0 Å². The van der Waals surface area contributed by atoms with Gasteiger partial charge in [0.1, 0.15) is 18.5 Å². The lowest BCUT2D eigenvalue weighted by Crippen LogP contribution is -2.48. The molecule has 236 valence electrons. The van der Waals surface area contributed by atoms with Gasteiger partial charge in [-0.25, -0.2) is 15.0 Å². The Balaban J connectivity index is 1.04. The summed E-state index contributed by atoms with van der Waals surface area (Å²) in [6.45, 7) is 10.2. The number of imidazole rings is 1. The van der Waals surface area contributed by atoms with Crippen LogP contribution in [0.3, 0.4) is 0 Å². The zero-order chi connectivity index (χ0) is 31.7. The number of amides is 2. The lowest BCUT2D eigenvalue weighted by atomic mass is 9.99. The summed E-state index contributed by atoms with van der Waals surface area (Å²) in [5.41, 5.74) is 6.33. The number of carbonyl (C=O) groups excluding carboxylic acids is 2. The summed E-state index contributed by atoms with van der Waals surface area (Å²) in [5, 5.41) is 24.5. The van der Waals surface area contributed by atoms with Crippen molar-refractivity contribution in [2.75, 3.05) is 31.5 Å². The minimum absolute atomic E-state index is 0.00529. The fourth-order valence-corrected chi connectivity index (χ4v) is 6.36. The van der Waals surface area contributed by atoms with Crippen molar-refractivity contribution < 1.29 is 24.5 Å². The number of hydrogen-bond acceptors (Lipinski definition) is 9. The lowest BCUT2D eigenvalue weighted by molar-refractivity contribution is -0.134. The van der Waals surface area contributed by atoms with E-state index in [1.54, 1.807) is 24.3 Å². The predicted octanol–water partition coefficient (Wildman–Crippen LogP) is 2.75. The van der Waals surface area contributed by atoms with Gasteiger partial charge in [-0.05, 0) is 56.0 Å². The molecule has 6 rings (SSSR count). The number of rotatable bonds is 8. The zero-order valence-electron chi connectivity index (χ0n) is 25.8. The molecule has 2 amide bonds. The van der Waals surface area contributed by atoms with Crippen molar-refractivity contribution in [2.24, 2.45) is 0 Å². The molecule has 4 heterocycles. The molecule has 12 heteroatoms. The monoisotopic (exact) mass is 613 g/mol. The summed E-state index contributed by atoms with van der Waals surface area (Å²) in [5.74, 6) is -0.127. The van der Waals surface area contributed by atoms with E-state index in [1.165, 1.54) is 39.5 Å². The van der Waals surface area contributed by atoms with Crippen molar-refractivity contribution >= 4 is 28.8 Å². The number of aliphatic hydroxyl groups excluding tert-OH is 2. The van der Waals surface area contributed by atoms with E-state index < -0.39 is 24.5 Å². The Kier molecular flexibility index (Phi) is 8.90. The molecular formula is C33H39N7O5. The van der Waals surface area contributed by atoms with Gasteiger partial charge >= 0.3 is 0 Å². The van der Waals surface area contributed by atoms with Crippen molar-refractivity contribution in [2.45, 2.75) is 64.7 Å². The highest BCUT2D eigenvalue weighted by molar-refractivity contribution is 6.06. The molecule has 0 saturated carbocycles. The molecular weight excluding hydrogens is 574 g/mol. The van der Waals surface area contributed by atoms with Gasteiger partial charge in [-0.3, -0.25) is 19.1 Å². The van der Waals surface area contributed by atoms with E-state index in [4.69, 9.17) is 4.74 Å². The summed E-state index contributed by atoms with van der Waals surface area (Å²) < 4.78 is 7.59. The Morgan fingerprint density at radius 2 is 1.67 bits per heavy atom. The van der Waals surface area contributed by atoms with Crippen molar-refractivity contribution in [1.29, 1.82) is 0 Å². The zero-order valence-corrected chi connectivity index (χ0v) is 25.8. The first-order valence-electron chi connectivity index (χ1n) is 15.3. The number of hydrogen-bond donors (Lipinski definition) is 3. The Hall–Kier alpha value is -4.23. The van der Waals surface area contributed by atoms with Gasteiger partial charge in [0.05, 0.1) is 12.4 Å². The normalized spacial score (nSPS) is 22.2. The quantitative estimate of drug-likeness (QED) is 0.273. The van der Waals surface area contributed by atoms with Gasteiger partial charge in [0.2, 0.25) is 5.91 Å². The second-order valence-corrected chi connectivity index (χ2v) is 12.0. The van der Waals surface area contributed by atoms with E-state index in [0.717, 1.165) is 19.6 Å². The molecule has 0 radical (unpaired) electrons. The number of nitrogens with one attached hydrogen (secondary N) is 1. The molecule has 0 spiro atoms. The lowest BCUT2D eigenvalue weighted by Gasteiger charge is -2.35. The molecule has 2 aromatic heterocycles. The maximum atomic E-state index is 13.1. The molecule has 4 aromatic rings. The Labute approximate surface area is 261 Å². The number of fused-ring (bicyclic) bond motifs is 1. The number of carbonyl (C=O) groups is 2. The number of ether oxygens (including phenoxy) is 1. The summed E-state index contributed by atoms with van der Waals surface area (Å²) >= 11 is 0. The minimum atomic E-state index is -1.27. The van der Waals surface area contributed by atoms with Crippen molar-refractivity contribution in [1.82, 2.24) is 29.3 Å². The molecule has 4 atom stereocenters. The summed E-state index contributed by atoms with van der Waals surface area (Å²) in [4.78, 5) is 42.9. The highest BCUT2D eigenvalue weighted by atomic mass is 16.6. The average Bonchev–Trinajstić information content (AvgIpc) is 3.59. The van der Waals surface area contributed by atoms with Crippen LogP contribution in [0.1, 0.15) is 51.7 Å². The number of aromatic nitrogens is 4. The molecule has 0 aliphatic carbocycles. The highest BCUT2D eigenvalue weighted by Crippen LogP contribution is 2.34. The van der Waals surface area contributed by atoms with Gasteiger partial charge in [-0.1, -0.05) is 35.9 Å². The van der Waals surface area contributed by atoms with Crippen LogP contribution in [0.25, 0.3) is 11.2 Å². The van der Waals surface area contributed by atoms with Gasteiger partial charge in [0.25, 0.3) is 5.91 Å². The highest BCUT2D eigenvalue weighted by Gasteiger charge is 2.44. The van der Waals surface area contributed by atoms with E-state index in [-0.39, 0.29) is 30.5 Å². The van der Waals surface area contributed by atoms with Crippen molar-refractivity contribution in [3.63, 3.8) is 0 Å². The maximum Gasteiger partial charge on any atom is 0.256 e. The van der Waals surface area contributed by atoms with Gasteiger partial charge in [0.15, 0.2) is 23.2 Å². The Bertz CT molecular complexity index is 1660. The topological polar surface area (TPSA) is 146 Å². The third-order valence-electron chi connectivity index (χ3n) is 8.83. The third-order valence-corrected chi connectivity index (χ3v) is 8.83. The number of nitrogens with zero attached hydrogens (tertiary/aromatic N) is 6. The molecule has 2 saturated heterocycles. The number of piperazine rings is 1. The van der Waals surface area contributed by atoms with Crippen LogP contribution >= 0.6 is 0 Å². The van der Waals surface area contributed by atoms with Crippen LogP contribution < -0.4 is 5.32 Å². The van der Waals surface area contributed by atoms with E-state index >= 15 is 0 Å². The number of benzene rings is 2. The van der Waals surface area contributed by atoms with Crippen LogP contribution in [0.2, 0.25) is 0 Å². The molecule has 2 aromatic carbocycles. The average molecular weight is 614 g/mol. The molecule has 3 N–H and O–H groups in total. The molecule has 2 fully saturated rings. The van der Waals surface area contributed by atoms with Crippen LogP contribution in [0, 0.1) is 20.8 Å². The standard InChI is InChI=1S/C33H39N7O5/c1-20-15-21(2)24(22(3)16-20)17-38-11-13-39(14-12-38)26(41)10-9-25-28(42)29(43)33(45-25)40-19-36-27-30(34-18-35-31(27)40)37-32(44)23-7-5-4-6-8-23/h4-8,15-16,18-19,25,28-29,33,42-43H,9-14,17H2,1-3H3,(H,34,35,37,44)/t25-,28-,29-,33-/m1/s1. The van der Waals surface area contributed by atoms with Gasteiger partial charge in [0, 0.05) is 44.7 Å². The van der Waals surface area contributed by atoms with Crippen molar-refractivity contribution in [3.05, 3.63) is 82.9 Å². The molecule has 2 aliphatic rings. The summed E-state index contributed by atoms with van der Waals surface area (Å²) in [6.07, 6.45) is -1.01.